The first-order valence-electron chi connectivity index (χ1n) is 10.1. The Bertz CT molecular complexity index is 1020. The summed E-state index contributed by atoms with van der Waals surface area (Å²) in [5.74, 6) is 2.12. The number of amides is 1. The van der Waals surface area contributed by atoms with Crippen LogP contribution < -0.4 is 9.64 Å². The lowest BCUT2D eigenvalue weighted by molar-refractivity contribution is -0.128. The second-order valence-corrected chi connectivity index (χ2v) is 7.90. The van der Waals surface area contributed by atoms with E-state index in [1.54, 1.807) is 18.1 Å². The predicted octanol–water partition coefficient (Wildman–Crippen LogP) is 1.51. The first-order chi connectivity index (χ1) is 15.1. The summed E-state index contributed by atoms with van der Waals surface area (Å²) >= 11 is 1.35. The molecule has 1 amide bonds. The Balaban J connectivity index is 1.34. The van der Waals surface area contributed by atoms with Gasteiger partial charge in [-0.05, 0) is 41.6 Å². The van der Waals surface area contributed by atoms with Gasteiger partial charge >= 0.3 is 0 Å². The molecule has 0 saturated carbocycles. The monoisotopic (exact) mass is 440 g/mol. The molecule has 3 aromatic rings. The third-order valence-electron chi connectivity index (χ3n) is 4.98. The molecule has 0 spiro atoms. The number of benzene rings is 1. The fourth-order valence-corrected chi connectivity index (χ4v) is 4.07. The molecular weight excluding hydrogens is 416 g/mol. The number of carbonyl (C=O) groups excluding carboxylic acids is 1. The van der Waals surface area contributed by atoms with Crippen LogP contribution in [0.15, 0.2) is 41.8 Å². The van der Waals surface area contributed by atoms with Crippen LogP contribution in [0.4, 0.5) is 5.82 Å². The molecule has 0 N–H and O–H groups in total. The van der Waals surface area contributed by atoms with Gasteiger partial charge in [0, 0.05) is 44.9 Å². The van der Waals surface area contributed by atoms with Crippen molar-refractivity contribution in [2.75, 3.05) is 43.4 Å². The van der Waals surface area contributed by atoms with Crippen molar-refractivity contribution in [1.82, 2.24) is 35.1 Å². The Labute approximate surface area is 184 Å². The van der Waals surface area contributed by atoms with Gasteiger partial charge in [-0.2, -0.15) is 0 Å². The van der Waals surface area contributed by atoms with Gasteiger partial charge in [-0.1, -0.05) is 11.8 Å². The van der Waals surface area contributed by atoms with E-state index < -0.39 is 0 Å². The fourth-order valence-electron chi connectivity index (χ4n) is 3.31. The second-order valence-electron chi connectivity index (χ2n) is 6.96. The number of tetrazole rings is 1. The SMILES string of the molecule is CCOc1ccc(-c2cc(N3CCN(C(=O)CSc4nnnn4C)CC3)ncn2)cc1. The minimum atomic E-state index is 0.0883. The zero-order chi connectivity index (χ0) is 21.6. The number of aryl methyl sites for hydroxylation is 1. The van der Waals surface area contributed by atoms with Gasteiger partial charge in [0.25, 0.3) is 0 Å². The summed E-state index contributed by atoms with van der Waals surface area (Å²) < 4.78 is 7.07. The van der Waals surface area contributed by atoms with Gasteiger partial charge in [0.1, 0.15) is 17.9 Å². The Morgan fingerprint density at radius 3 is 2.58 bits per heavy atom. The molecule has 31 heavy (non-hydrogen) atoms. The first-order valence-corrected chi connectivity index (χ1v) is 11.1. The Kier molecular flexibility index (Phi) is 6.60. The summed E-state index contributed by atoms with van der Waals surface area (Å²) in [7, 11) is 1.76. The fraction of sp³-hybridized carbons (Fsp3) is 0.400. The number of piperazine rings is 1. The van der Waals surface area contributed by atoms with E-state index in [0.29, 0.717) is 30.6 Å². The van der Waals surface area contributed by atoms with E-state index in [1.807, 2.05) is 42.2 Å². The van der Waals surface area contributed by atoms with Crippen molar-refractivity contribution in [2.45, 2.75) is 12.1 Å². The van der Waals surface area contributed by atoms with Gasteiger partial charge in [0.05, 0.1) is 18.1 Å². The number of rotatable bonds is 7. The van der Waals surface area contributed by atoms with Gasteiger partial charge in [0.15, 0.2) is 0 Å². The van der Waals surface area contributed by atoms with Crippen molar-refractivity contribution < 1.29 is 9.53 Å². The highest BCUT2D eigenvalue weighted by Gasteiger charge is 2.23. The van der Waals surface area contributed by atoms with Gasteiger partial charge in [0.2, 0.25) is 11.1 Å². The molecule has 0 bridgehead atoms. The van der Waals surface area contributed by atoms with Crippen LogP contribution in [0.3, 0.4) is 0 Å². The molecule has 4 rings (SSSR count). The number of carbonyl (C=O) groups is 1. The largest absolute Gasteiger partial charge is 0.494 e. The van der Waals surface area contributed by atoms with Gasteiger partial charge in [-0.25, -0.2) is 14.6 Å². The minimum Gasteiger partial charge on any atom is -0.494 e. The molecule has 1 aliphatic rings. The summed E-state index contributed by atoms with van der Waals surface area (Å²) in [5.41, 5.74) is 1.87. The summed E-state index contributed by atoms with van der Waals surface area (Å²) in [5, 5.41) is 11.9. The minimum absolute atomic E-state index is 0.0883. The van der Waals surface area contributed by atoms with Crippen LogP contribution >= 0.6 is 11.8 Å². The summed E-state index contributed by atoms with van der Waals surface area (Å²) in [6, 6.07) is 9.88. The molecule has 1 fully saturated rings. The summed E-state index contributed by atoms with van der Waals surface area (Å²) in [4.78, 5) is 25.5. The molecule has 1 saturated heterocycles. The maximum atomic E-state index is 12.5. The smallest absolute Gasteiger partial charge is 0.233 e. The number of anilines is 1. The first kappa shape index (κ1) is 21.0. The standard InChI is InChI=1S/C20H24N8O2S/c1-3-30-16-6-4-15(5-7-16)17-12-18(22-14-21-17)27-8-10-28(11-9-27)19(29)13-31-20-23-24-25-26(20)2/h4-7,12,14H,3,8-11,13H2,1-2H3. The number of ether oxygens (including phenoxy) is 1. The Morgan fingerprint density at radius 2 is 1.90 bits per heavy atom. The third-order valence-corrected chi connectivity index (χ3v) is 5.97. The zero-order valence-corrected chi connectivity index (χ0v) is 18.3. The summed E-state index contributed by atoms with van der Waals surface area (Å²) in [6.07, 6.45) is 1.59. The number of aromatic nitrogens is 6. The lowest BCUT2D eigenvalue weighted by Crippen LogP contribution is -2.49. The van der Waals surface area contributed by atoms with Crippen molar-refractivity contribution in [1.29, 1.82) is 0 Å². The number of hydrogen-bond acceptors (Lipinski definition) is 9. The molecule has 10 nitrogen and oxygen atoms in total. The number of hydrogen-bond donors (Lipinski definition) is 0. The average molecular weight is 441 g/mol. The van der Waals surface area contributed by atoms with Crippen LogP contribution in [-0.4, -0.2) is 79.5 Å². The van der Waals surface area contributed by atoms with Crippen molar-refractivity contribution in [3.63, 3.8) is 0 Å². The van der Waals surface area contributed by atoms with Gasteiger partial charge in [-0.15, -0.1) is 5.10 Å². The van der Waals surface area contributed by atoms with E-state index in [1.165, 1.54) is 11.8 Å². The molecule has 1 aliphatic heterocycles. The normalized spacial score (nSPS) is 14.0. The van der Waals surface area contributed by atoms with Gasteiger partial charge < -0.3 is 14.5 Å². The molecular formula is C20H24N8O2S. The van der Waals surface area contributed by atoms with Crippen LogP contribution in [0.1, 0.15) is 6.92 Å². The van der Waals surface area contributed by atoms with Gasteiger partial charge in [-0.3, -0.25) is 4.79 Å². The van der Waals surface area contributed by atoms with Crippen LogP contribution in [0.25, 0.3) is 11.3 Å². The third kappa shape index (κ3) is 5.10. The van der Waals surface area contributed by atoms with Crippen molar-refractivity contribution >= 4 is 23.5 Å². The molecule has 0 unspecified atom stereocenters. The quantitative estimate of drug-likeness (QED) is 0.506. The highest BCUT2D eigenvalue weighted by molar-refractivity contribution is 7.99. The van der Waals surface area contributed by atoms with Crippen molar-refractivity contribution in [3.8, 4) is 17.0 Å². The highest BCUT2D eigenvalue weighted by atomic mass is 32.2. The van der Waals surface area contributed by atoms with Crippen molar-refractivity contribution in [3.05, 3.63) is 36.7 Å². The van der Waals surface area contributed by atoms with Crippen LogP contribution in [0, 0.1) is 0 Å². The molecule has 162 valence electrons. The lowest BCUT2D eigenvalue weighted by Gasteiger charge is -2.35. The molecule has 11 heteroatoms. The highest BCUT2D eigenvalue weighted by Crippen LogP contribution is 2.24. The average Bonchev–Trinajstić information content (AvgIpc) is 3.23. The molecule has 0 aliphatic carbocycles. The Hall–Kier alpha value is -3.21. The maximum Gasteiger partial charge on any atom is 0.233 e. The van der Waals surface area contributed by atoms with E-state index in [-0.39, 0.29) is 5.91 Å². The van der Waals surface area contributed by atoms with E-state index in [0.717, 1.165) is 35.9 Å². The van der Waals surface area contributed by atoms with E-state index in [4.69, 9.17) is 4.74 Å². The number of thioether (sulfide) groups is 1. The Morgan fingerprint density at radius 1 is 1.13 bits per heavy atom. The summed E-state index contributed by atoms with van der Waals surface area (Å²) in [6.45, 7) is 5.36. The van der Waals surface area contributed by atoms with Crippen LogP contribution in [0.5, 0.6) is 5.75 Å². The molecule has 0 radical (unpaired) electrons. The topological polar surface area (TPSA) is 102 Å². The van der Waals surface area contributed by atoms with Crippen molar-refractivity contribution in [2.24, 2.45) is 7.05 Å². The predicted molar refractivity (Wildman–Crippen MR) is 117 cm³/mol. The zero-order valence-electron chi connectivity index (χ0n) is 17.5. The van der Waals surface area contributed by atoms with E-state index >= 15 is 0 Å². The van der Waals surface area contributed by atoms with E-state index in [9.17, 15) is 4.79 Å². The molecule has 3 heterocycles. The van der Waals surface area contributed by atoms with Crippen LogP contribution in [0.2, 0.25) is 0 Å². The molecule has 1 aromatic carbocycles. The molecule has 0 atom stereocenters. The lowest BCUT2D eigenvalue weighted by atomic mass is 10.1. The second kappa shape index (κ2) is 9.73. The molecule has 2 aromatic heterocycles. The van der Waals surface area contributed by atoms with E-state index in [2.05, 4.69) is 30.4 Å². The maximum absolute atomic E-state index is 12.5. The van der Waals surface area contributed by atoms with Crippen LogP contribution in [-0.2, 0) is 11.8 Å². The number of nitrogens with zero attached hydrogens (tertiary/aromatic N) is 8.